The molecule has 1 aromatic rings. The standard InChI is InChI=1S/C19H25FN2O2/c20-16-7-4-14(5-8-16)12-22-10-2-1-3-18(22)19(24)21-17-9-6-15(11-17)13-23/h4-9,15,17-18,23H,1-3,10-13H2,(H,21,24)/t15-,17+,18?/m0/s1. The molecule has 0 aromatic heterocycles. The summed E-state index contributed by atoms with van der Waals surface area (Å²) in [5, 5.41) is 12.3. The minimum absolute atomic E-state index is 0.0178. The average molecular weight is 332 g/mol. The number of hydrogen-bond acceptors (Lipinski definition) is 3. The van der Waals surface area contributed by atoms with E-state index < -0.39 is 0 Å². The number of aliphatic hydroxyl groups is 1. The number of likely N-dealkylation sites (tertiary alicyclic amines) is 1. The van der Waals surface area contributed by atoms with Crippen molar-refractivity contribution >= 4 is 5.91 Å². The van der Waals surface area contributed by atoms with Crippen LogP contribution in [0, 0.1) is 11.7 Å². The Kier molecular flexibility index (Phi) is 5.63. The molecule has 3 rings (SSSR count). The highest BCUT2D eigenvalue weighted by Gasteiger charge is 2.30. The van der Waals surface area contributed by atoms with Gasteiger partial charge in [-0.2, -0.15) is 0 Å². The summed E-state index contributed by atoms with van der Waals surface area (Å²) < 4.78 is 13.1. The molecule has 0 saturated carbocycles. The zero-order valence-corrected chi connectivity index (χ0v) is 13.8. The van der Waals surface area contributed by atoms with Gasteiger partial charge in [-0.1, -0.05) is 30.7 Å². The molecule has 5 heteroatoms. The maximum absolute atomic E-state index is 13.1. The summed E-state index contributed by atoms with van der Waals surface area (Å²) in [6.45, 7) is 1.68. The van der Waals surface area contributed by atoms with Crippen molar-refractivity contribution < 1.29 is 14.3 Å². The first-order valence-electron chi connectivity index (χ1n) is 8.74. The number of halogens is 1. The number of piperidine rings is 1. The Balaban J connectivity index is 1.60. The van der Waals surface area contributed by atoms with Gasteiger partial charge >= 0.3 is 0 Å². The van der Waals surface area contributed by atoms with E-state index in [1.807, 2.05) is 12.2 Å². The predicted octanol–water partition coefficient (Wildman–Crippen LogP) is 2.23. The molecule has 1 unspecified atom stereocenters. The third-order valence-electron chi connectivity index (χ3n) is 4.95. The van der Waals surface area contributed by atoms with E-state index in [9.17, 15) is 14.3 Å². The lowest BCUT2D eigenvalue weighted by Gasteiger charge is -2.35. The zero-order chi connectivity index (χ0) is 16.9. The average Bonchev–Trinajstić information content (AvgIpc) is 3.05. The van der Waals surface area contributed by atoms with Crippen molar-refractivity contribution in [3.05, 3.63) is 47.8 Å². The van der Waals surface area contributed by atoms with E-state index >= 15 is 0 Å². The Bertz CT molecular complexity index is 588. The highest BCUT2D eigenvalue weighted by molar-refractivity contribution is 5.82. The van der Waals surface area contributed by atoms with Gasteiger partial charge in [0, 0.05) is 25.1 Å². The molecule has 1 heterocycles. The summed E-state index contributed by atoms with van der Waals surface area (Å²) in [7, 11) is 0. The number of amides is 1. The Labute approximate surface area is 142 Å². The van der Waals surface area contributed by atoms with Gasteiger partial charge in [0.25, 0.3) is 0 Å². The Morgan fingerprint density at radius 2 is 2.04 bits per heavy atom. The normalized spacial score (nSPS) is 27.3. The number of nitrogens with one attached hydrogen (secondary N) is 1. The van der Waals surface area contributed by atoms with Crippen molar-refractivity contribution in [2.75, 3.05) is 13.2 Å². The molecule has 24 heavy (non-hydrogen) atoms. The first kappa shape index (κ1) is 17.1. The molecule has 4 nitrogen and oxygen atoms in total. The number of carbonyl (C=O) groups excluding carboxylic acids is 1. The van der Waals surface area contributed by atoms with Crippen LogP contribution in [0.1, 0.15) is 31.2 Å². The molecule has 3 atom stereocenters. The van der Waals surface area contributed by atoms with Gasteiger partial charge in [-0.25, -0.2) is 4.39 Å². The summed E-state index contributed by atoms with van der Waals surface area (Å²) in [6.07, 6.45) is 7.71. The first-order chi connectivity index (χ1) is 11.7. The van der Waals surface area contributed by atoms with E-state index in [0.717, 1.165) is 37.8 Å². The third kappa shape index (κ3) is 4.22. The highest BCUT2D eigenvalue weighted by Crippen LogP contribution is 2.22. The van der Waals surface area contributed by atoms with Gasteiger partial charge in [0.2, 0.25) is 5.91 Å². The predicted molar refractivity (Wildman–Crippen MR) is 90.7 cm³/mol. The van der Waals surface area contributed by atoms with Gasteiger partial charge in [-0.15, -0.1) is 0 Å². The van der Waals surface area contributed by atoms with Crippen LogP contribution in [-0.2, 0) is 11.3 Å². The molecule has 130 valence electrons. The van der Waals surface area contributed by atoms with Gasteiger partial charge in [0.15, 0.2) is 0 Å². The minimum atomic E-state index is -0.238. The molecular weight excluding hydrogens is 307 g/mol. The molecule has 1 saturated heterocycles. The Morgan fingerprint density at radius 3 is 2.75 bits per heavy atom. The largest absolute Gasteiger partial charge is 0.396 e. The lowest BCUT2D eigenvalue weighted by atomic mass is 9.99. The number of hydrogen-bond donors (Lipinski definition) is 2. The van der Waals surface area contributed by atoms with Crippen LogP contribution in [0.3, 0.4) is 0 Å². The quantitative estimate of drug-likeness (QED) is 0.813. The van der Waals surface area contributed by atoms with Crippen molar-refractivity contribution in [1.82, 2.24) is 10.2 Å². The molecule has 2 aliphatic rings. The summed E-state index contributed by atoms with van der Waals surface area (Å²) in [6, 6.07) is 6.38. The molecule has 1 amide bonds. The van der Waals surface area contributed by atoms with Gasteiger partial charge in [0.1, 0.15) is 5.82 Å². The molecule has 1 fully saturated rings. The second-order valence-corrected chi connectivity index (χ2v) is 6.79. The first-order valence-corrected chi connectivity index (χ1v) is 8.74. The van der Waals surface area contributed by atoms with E-state index in [4.69, 9.17) is 0 Å². The lowest BCUT2D eigenvalue weighted by molar-refractivity contribution is -0.128. The summed E-state index contributed by atoms with van der Waals surface area (Å²) in [4.78, 5) is 14.9. The van der Waals surface area contributed by atoms with E-state index in [0.29, 0.717) is 6.54 Å². The van der Waals surface area contributed by atoms with Crippen LogP contribution in [0.5, 0.6) is 0 Å². The second kappa shape index (κ2) is 7.90. The SMILES string of the molecule is O=C(N[C@@H]1C=C[C@H](CO)C1)C1CCCCN1Cc1ccc(F)cc1. The topological polar surface area (TPSA) is 52.6 Å². The van der Waals surface area contributed by atoms with Crippen molar-refractivity contribution in [3.8, 4) is 0 Å². The number of carbonyl (C=O) groups is 1. The maximum atomic E-state index is 13.1. The van der Waals surface area contributed by atoms with E-state index in [1.165, 1.54) is 12.1 Å². The molecule has 0 bridgehead atoms. The number of nitrogens with zero attached hydrogens (tertiary/aromatic N) is 1. The van der Waals surface area contributed by atoms with Crippen molar-refractivity contribution in [2.45, 2.75) is 44.3 Å². The molecule has 1 aliphatic heterocycles. The Hall–Kier alpha value is -1.72. The van der Waals surface area contributed by atoms with Gasteiger partial charge in [-0.05, 0) is 43.5 Å². The van der Waals surface area contributed by atoms with E-state index in [1.54, 1.807) is 12.1 Å². The summed E-state index contributed by atoms with van der Waals surface area (Å²) >= 11 is 0. The van der Waals surface area contributed by atoms with Crippen LogP contribution in [0.2, 0.25) is 0 Å². The smallest absolute Gasteiger partial charge is 0.237 e. The second-order valence-electron chi connectivity index (χ2n) is 6.79. The fourth-order valence-electron chi connectivity index (χ4n) is 3.60. The fraction of sp³-hybridized carbons (Fsp3) is 0.526. The maximum Gasteiger partial charge on any atom is 0.237 e. The number of rotatable bonds is 5. The van der Waals surface area contributed by atoms with Crippen LogP contribution >= 0.6 is 0 Å². The van der Waals surface area contributed by atoms with Crippen molar-refractivity contribution in [2.24, 2.45) is 5.92 Å². The van der Waals surface area contributed by atoms with Crippen molar-refractivity contribution in [3.63, 3.8) is 0 Å². The molecule has 1 aromatic carbocycles. The molecule has 0 spiro atoms. The summed E-state index contributed by atoms with van der Waals surface area (Å²) in [5.74, 6) is -0.0276. The minimum Gasteiger partial charge on any atom is -0.396 e. The van der Waals surface area contributed by atoms with Crippen LogP contribution < -0.4 is 5.32 Å². The highest BCUT2D eigenvalue weighted by atomic mass is 19.1. The van der Waals surface area contributed by atoms with Crippen molar-refractivity contribution in [1.29, 1.82) is 0 Å². The monoisotopic (exact) mass is 332 g/mol. The summed E-state index contributed by atoms with van der Waals surface area (Å²) in [5.41, 5.74) is 1.03. The zero-order valence-electron chi connectivity index (χ0n) is 13.8. The fourth-order valence-corrected chi connectivity index (χ4v) is 3.60. The van der Waals surface area contributed by atoms with Crippen LogP contribution in [0.25, 0.3) is 0 Å². The van der Waals surface area contributed by atoms with E-state index in [2.05, 4.69) is 10.2 Å². The lowest BCUT2D eigenvalue weighted by Crippen LogP contribution is -2.51. The van der Waals surface area contributed by atoms with E-state index in [-0.39, 0.29) is 36.3 Å². The molecule has 0 radical (unpaired) electrons. The van der Waals surface area contributed by atoms with Crippen LogP contribution in [-0.4, -0.2) is 41.1 Å². The molecule has 1 aliphatic carbocycles. The van der Waals surface area contributed by atoms with Crippen LogP contribution in [0.4, 0.5) is 4.39 Å². The molecule has 2 N–H and O–H groups in total. The number of benzene rings is 1. The third-order valence-corrected chi connectivity index (χ3v) is 4.95. The van der Waals surface area contributed by atoms with Gasteiger partial charge in [-0.3, -0.25) is 9.69 Å². The van der Waals surface area contributed by atoms with Crippen LogP contribution in [0.15, 0.2) is 36.4 Å². The van der Waals surface area contributed by atoms with Gasteiger partial charge < -0.3 is 10.4 Å². The number of aliphatic hydroxyl groups excluding tert-OH is 1. The Morgan fingerprint density at radius 1 is 1.25 bits per heavy atom. The molecular formula is C19H25FN2O2. The van der Waals surface area contributed by atoms with Gasteiger partial charge in [0.05, 0.1) is 6.04 Å².